The number of hydrogen-bond donors (Lipinski definition) is 1. The van der Waals surface area contributed by atoms with Gasteiger partial charge in [0.05, 0.1) is 6.10 Å². The van der Waals surface area contributed by atoms with E-state index in [-0.39, 0.29) is 6.10 Å². The maximum Gasteiger partial charge on any atom is 0.119 e. The monoisotopic (exact) mass is 256 g/mol. The third-order valence-corrected chi connectivity index (χ3v) is 2.66. The van der Waals surface area contributed by atoms with Gasteiger partial charge in [-0.1, -0.05) is 6.07 Å². The molecule has 0 bridgehead atoms. The van der Waals surface area contributed by atoms with Crippen LogP contribution in [-0.4, -0.2) is 17.6 Å². The Morgan fingerprint density at radius 1 is 1.11 bits per heavy atom. The van der Waals surface area contributed by atoms with Gasteiger partial charge in [-0.15, -0.1) is 0 Å². The standard InChI is InChI=1S/C16H20N2O/c1-13(2)19-16-8-6-15(7-9-16)18-12-10-14-5-3-4-11-17-14/h3-9,11,13,18H,10,12H2,1-2H3. The van der Waals surface area contributed by atoms with E-state index in [0.29, 0.717) is 0 Å². The second-order valence-corrected chi connectivity index (χ2v) is 4.69. The van der Waals surface area contributed by atoms with E-state index in [4.69, 9.17) is 4.74 Å². The van der Waals surface area contributed by atoms with Gasteiger partial charge in [0.1, 0.15) is 5.75 Å². The SMILES string of the molecule is CC(C)Oc1ccc(NCCc2ccccn2)cc1. The zero-order valence-electron chi connectivity index (χ0n) is 11.5. The van der Waals surface area contributed by atoms with Gasteiger partial charge in [0.15, 0.2) is 0 Å². The van der Waals surface area contributed by atoms with Crippen molar-refractivity contribution < 1.29 is 4.74 Å². The molecule has 1 heterocycles. The zero-order chi connectivity index (χ0) is 13.5. The highest BCUT2D eigenvalue weighted by atomic mass is 16.5. The first-order valence-corrected chi connectivity index (χ1v) is 6.64. The van der Waals surface area contributed by atoms with Crippen LogP contribution in [0.15, 0.2) is 48.7 Å². The minimum Gasteiger partial charge on any atom is -0.491 e. The largest absolute Gasteiger partial charge is 0.491 e. The van der Waals surface area contributed by atoms with Crippen LogP contribution in [-0.2, 0) is 6.42 Å². The maximum absolute atomic E-state index is 5.61. The van der Waals surface area contributed by atoms with Crippen molar-refractivity contribution in [2.75, 3.05) is 11.9 Å². The van der Waals surface area contributed by atoms with Crippen molar-refractivity contribution in [1.29, 1.82) is 0 Å². The van der Waals surface area contributed by atoms with E-state index >= 15 is 0 Å². The Morgan fingerprint density at radius 3 is 2.53 bits per heavy atom. The molecule has 0 saturated carbocycles. The number of rotatable bonds is 6. The van der Waals surface area contributed by atoms with Crippen LogP contribution in [0.25, 0.3) is 0 Å². The van der Waals surface area contributed by atoms with Crippen LogP contribution in [0.1, 0.15) is 19.5 Å². The predicted octanol–water partition coefficient (Wildman–Crippen LogP) is 3.52. The van der Waals surface area contributed by atoms with E-state index in [1.165, 1.54) is 0 Å². The molecule has 19 heavy (non-hydrogen) atoms. The van der Waals surface area contributed by atoms with E-state index in [9.17, 15) is 0 Å². The molecule has 0 fully saturated rings. The van der Waals surface area contributed by atoms with Gasteiger partial charge >= 0.3 is 0 Å². The quantitative estimate of drug-likeness (QED) is 0.858. The van der Waals surface area contributed by atoms with Gasteiger partial charge in [-0.3, -0.25) is 4.98 Å². The van der Waals surface area contributed by atoms with E-state index in [1.807, 2.05) is 62.5 Å². The van der Waals surface area contributed by atoms with Crippen molar-refractivity contribution in [2.45, 2.75) is 26.4 Å². The fourth-order valence-electron chi connectivity index (χ4n) is 1.80. The third kappa shape index (κ3) is 4.62. The number of benzene rings is 1. The molecule has 0 aliphatic heterocycles. The Balaban J connectivity index is 1.80. The van der Waals surface area contributed by atoms with Gasteiger partial charge in [-0.2, -0.15) is 0 Å². The number of aromatic nitrogens is 1. The van der Waals surface area contributed by atoms with E-state index < -0.39 is 0 Å². The van der Waals surface area contributed by atoms with E-state index in [0.717, 1.165) is 30.1 Å². The van der Waals surface area contributed by atoms with Crippen LogP contribution >= 0.6 is 0 Å². The summed E-state index contributed by atoms with van der Waals surface area (Å²) in [6.07, 6.45) is 2.96. The molecule has 2 rings (SSSR count). The topological polar surface area (TPSA) is 34.1 Å². The molecule has 100 valence electrons. The van der Waals surface area contributed by atoms with Crippen LogP contribution in [0.2, 0.25) is 0 Å². The highest BCUT2D eigenvalue weighted by Gasteiger charge is 1.98. The molecule has 0 aliphatic rings. The lowest BCUT2D eigenvalue weighted by Gasteiger charge is -2.11. The molecule has 0 atom stereocenters. The minimum atomic E-state index is 0.211. The van der Waals surface area contributed by atoms with Crippen LogP contribution in [0.4, 0.5) is 5.69 Å². The van der Waals surface area contributed by atoms with E-state index in [1.54, 1.807) is 0 Å². The fourth-order valence-corrected chi connectivity index (χ4v) is 1.80. The van der Waals surface area contributed by atoms with Gasteiger partial charge in [0, 0.05) is 30.5 Å². The Morgan fingerprint density at radius 2 is 1.89 bits per heavy atom. The second-order valence-electron chi connectivity index (χ2n) is 4.69. The number of nitrogens with one attached hydrogen (secondary N) is 1. The van der Waals surface area contributed by atoms with E-state index in [2.05, 4.69) is 10.3 Å². The van der Waals surface area contributed by atoms with Crippen molar-refractivity contribution in [1.82, 2.24) is 4.98 Å². The molecule has 0 saturated heterocycles. The summed E-state index contributed by atoms with van der Waals surface area (Å²) in [6.45, 7) is 4.93. The van der Waals surface area contributed by atoms with Crippen molar-refractivity contribution in [3.8, 4) is 5.75 Å². The van der Waals surface area contributed by atoms with Crippen molar-refractivity contribution in [3.05, 3.63) is 54.4 Å². The van der Waals surface area contributed by atoms with Crippen LogP contribution in [0.3, 0.4) is 0 Å². The summed E-state index contributed by atoms with van der Waals surface area (Å²) in [5, 5.41) is 3.38. The average molecular weight is 256 g/mol. The Bertz CT molecular complexity index is 480. The number of ether oxygens (including phenoxy) is 1. The van der Waals surface area contributed by atoms with Gasteiger partial charge in [-0.25, -0.2) is 0 Å². The van der Waals surface area contributed by atoms with Crippen LogP contribution in [0.5, 0.6) is 5.75 Å². The van der Waals surface area contributed by atoms with Crippen LogP contribution < -0.4 is 10.1 Å². The molecular weight excluding hydrogens is 236 g/mol. The van der Waals surface area contributed by atoms with Gasteiger partial charge < -0.3 is 10.1 Å². The Kier molecular flexibility index (Phi) is 4.78. The molecular formula is C16H20N2O. The summed E-state index contributed by atoms with van der Waals surface area (Å²) >= 11 is 0. The smallest absolute Gasteiger partial charge is 0.119 e. The summed E-state index contributed by atoms with van der Waals surface area (Å²) in [4.78, 5) is 4.30. The summed E-state index contributed by atoms with van der Waals surface area (Å²) in [5.74, 6) is 0.908. The van der Waals surface area contributed by atoms with Crippen molar-refractivity contribution in [3.63, 3.8) is 0 Å². The summed E-state index contributed by atoms with van der Waals surface area (Å²) in [6, 6.07) is 14.0. The third-order valence-electron chi connectivity index (χ3n) is 2.66. The summed E-state index contributed by atoms with van der Waals surface area (Å²) in [5.41, 5.74) is 2.21. The first kappa shape index (κ1) is 13.4. The van der Waals surface area contributed by atoms with Crippen LogP contribution in [0, 0.1) is 0 Å². The number of anilines is 1. The summed E-state index contributed by atoms with van der Waals surface area (Å²) in [7, 11) is 0. The first-order valence-electron chi connectivity index (χ1n) is 6.64. The van der Waals surface area contributed by atoms with Crippen molar-refractivity contribution >= 4 is 5.69 Å². The predicted molar refractivity (Wildman–Crippen MR) is 78.6 cm³/mol. The molecule has 0 aliphatic carbocycles. The zero-order valence-corrected chi connectivity index (χ0v) is 11.5. The Hall–Kier alpha value is -2.03. The van der Waals surface area contributed by atoms with Gasteiger partial charge in [0.25, 0.3) is 0 Å². The summed E-state index contributed by atoms with van der Waals surface area (Å²) < 4.78 is 5.61. The highest BCUT2D eigenvalue weighted by Crippen LogP contribution is 2.16. The van der Waals surface area contributed by atoms with Gasteiger partial charge in [0.2, 0.25) is 0 Å². The highest BCUT2D eigenvalue weighted by molar-refractivity contribution is 5.46. The molecule has 0 amide bonds. The molecule has 3 nitrogen and oxygen atoms in total. The van der Waals surface area contributed by atoms with Gasteiger partial charge in [-0.05, 0) is 50.2 Å². The number of hydrogen-bond acceptors (Lipinski definition) is 3. The normalized spacial score (nSPS) is 10.5. The number of pyridine rings is 1. The lowest BCUT2D eigenvalue weighted by molar-refractivity contribution is 0.242. The first-order chi connectivity index (χ1) is 9.24. The molecule has 1 aromatic heterocycles. The molecule has 0 unspecified atom stereocenters. The van der Waals surface area contributed by atoms with Crippen molar-refractivity contribution in [2.24, 2.45) is 0 Å². The molecule has 1 aromatic carbocycles. The fraction of sp³-hybridized carbons (Fsp3) is 0.312. The molecule has 1 N–H and O–H groups in total. The lowest BCUT2D eigenvalue weighted by Crippen LogP contribution is -2.07. The molecule has 0 spiro atoms. The molecule has 0 radical (unpaired) electrons. The Labute approximate surface area is 114 Å². The molecule has 3 heteroatoms. The second kappa shape index (κ2) is 6.78. The lowest BCUT2D eigenvalue weighted by atomic mass is 10.2. The average Bonchev–Trinajstić information content (AvgIpc) is 2.41. The maximum atomic E-state index is 5.61. The minimum absolute atomic E-state index is 0.211. The molecule has 2 aromatic rings. The number of nitrogens with zero attached hydrogens (tertiary/aromatic N) is 1.